The van der Waals surface area contributed by atoms with Gasteiger partial charge in [0, 0.05) is 47.6 Å². The molecule has 0 aromatic carbocycles. The van der Waals surface area contributed by atoms with Gasteiger partial charge in [0.05, 0.1) is 6.54 Å². The van der Waals surface area contributed by atoms with E-state index in [0.717, 1.165) is 18.5 Å². The summed E-state index contributed by atoms with van der Waals surface area (Å²) in [6.07, 6.45) is 4.85. The summed E-state index contributed by atoms with van der Waals surface area (Å²) < 4.78 is 2.42. The third kappa shape index (κ3) is 1.09. The Morgan fingerprint density at radius 2 is 2.50 bits per heavy atom. The van der Waals surface area contributed by atoms with E-state index in [9.17, 15) is 0 Å². The van der Waals surface area contributed by atoms with E-state index >= 15 is 0 Å². The van der Waals surface area contributed by atoms with Crippen LogP contribution in [0.4, 0.5) is 0 Å². The zero-order valence-electron chi connectivity index (χ0n) is 5.83. The summed E-state index contributed by atoms with van der Waals surface area (Å²) in [5.41, 5.74) is 0. The minimum atomic E-state index is 0.731. The molecule has 2 rings (SSSR count). The molecule has 0 bridgehead atoms. The second-order valence-electron chi connectivity index (χ2n) is 3.01. The summed E-state index contributed by atoms with van der Waals surface area (Å²) >= 11 is 2.43. The molecule has 56 valence electrons. The lowest BCUT2D eigenvalue weighted by Gasteiger charge is -2.31. The van der Waals surface area contributed by atoms with Crippen molar-refractivity contribution in [3.8, 4) is 0 Å². The SMILES string of the molecule is IN1CCCC2C=NCC21. The zero-order valence-corrected chi connectivity index (χ0v) is 7.99. The number of hydrogen-bond donors (Lipinski definition) is 0. The summed E-state index contributed by atoms with van der Waals surface area (Å²) in [5, 5.41) is 0. The van der Waals surface area contributed by atoms with Gasteiger partial charge in [-0.2, -0.15) is 0 Å². The summed E-state index contributed by atoms with van der Waals surface area (Å²) in [5.74, 6) is 0.769. The highest BCUT2D eigenvalue weighted by Crippen LogP contribution is 2.28. The Morgan fingerprint density at radius 1 is 1.60 bits per heavy atom. The number of aliphatic imine (C=N–C) groups is 1. The van der Waals surface area contributed by atoms with Gasteiger partial charge in [0.1, 0.15) is 0 Å². The number of halogens is 1. The average Bonchev–Trinajstić information content (AvgIpc) is 2.36. The van der Waals surface area contributed by atoms with Crippen LogP contribution in [0.2, 0.25) is 0 Å². The molecule has 2 nitrogen and oxygen atoms in total. The van der Waals surface area contributed by atoms with Crippen LogP contribution < -0.4 is 0 Å². The van der Waals surface area contributed by atoms with Crippen LogP contribution in [0.1, 0.15) is 12.8 Å². The molecule has 0 aliphatic carbocycles. The molecule has 2 aliphatic heterocycles. The highest BCUT2D eigenvalue weighted by atomic mass is 127. The molecule has 2 heterocycles. The zero-order chi connectivity index (χ0) is 6.97. The molecule has 0 aromatic rings. The van der Waals surface area contributed by atoms with Crippen LogP contribution in [0.3, 0.4) is 0 Å². The van der Waals surface area contributed by atoms with E-state index in [1.807, 2.05) is 0 Å². The van der Waals surface area contributed by atoms with Crippen molar-refractivity contribution in [2.75, 3.05) is 13.1 Å². The van der Waals surface area contributed by atoms with E-state index in [2.05, 4.69) is 37.2 Å². The summed E-state index contributed by atoms with van der Waals surface area (Å²) in [6, 6.07) is 0.731. The van der Waals surface area contributed by atoms with E-state index in [1.54, 1.807) is 0 Å². The normalized spacial score (nSPS) is 40.1. The number of piperidine rings is 1. The van der Waals surface area contributed by atoms with E-state index in [1.165, 1.54) is 19.4 Å². The third-order valence-corrected chi connectivity index (χ3v) is 3.55. The molecule has 0 amide bonds. The molecule has 10 heavy (non-hydrogen) atoms. The van der Waals surface area contributed by atoms with Gasteiger partial charge in [0.15, 0.2) is 0 Å². The number of hydrogen-bond acceptors (Lipinski definition) is 2. The van der Waals surface area contributed by atoms with Crippen molar-refractivity contribution >= 4 is 29.1 Å². The number of fused-ring (bicyclic) bond motifs is 1. The highest BCUT2D eigenvalue weighted by molar-refractivity contribution is 14.1. The molecule has 2 unspecified atom stereocenters. The molecule has 1 saturated heterocycles. The summed E-state index contributed by atoms with van der Waals surface area (Å²) in [7, 11) is 0. The Morgan fingerprint density at radius 3 is 3.30 bits per heavy atom. The van der Waals surface area contributed by atoms with Gasteiger partial charge in [-0.25, -0.2) is 3.11 Å². The Hall–Kier alpha value is 0.360. The first-order valence-corrected chi connectivity index (χ1v) is 4.77. The maximum absolute atomic E-state index is 4.31. The molecule has 3 heteroatoms. The number of rotatable bonds is 0. The predicted octanol–water partition coefficient (Wildman–Crippen LogP) is 1.50. The minimum absolute atomic E-state index is 0.731. The van der Waals surface area contributed by atoms with E-state index in [4.69, 9.17) is 0 Å². The monoisotopic (exact) mass is 250 g/mol. The van der Waals surface area contributed by atoms with Crippen molar-refractivity contribution in [2.24, 2.45) is 10.9 Å². The van der Waals surface area contributed by atoms with Gasteiger partial charge < -0.3 is 0 Å². The van der Waals surface area contributed by atoms with E-state index < -0.39 is 0 Å². The molecule has 0 spiro atoms. The van der Waals surface area contributed by atoms with Crippen LogP contribution in [-0.4, -0.2) is 28.5 Å². The van der Waals surface area contributed by atoms with Crippen LogP contribution in [0, 0.1) is 5.92 Å². The first kappa shape index (κ1) is 7.03. The molecule has 0 saturated carbocycles. The maximum atomic E-state index is 4.31. The average molecular weight is 250 g/mol. The fourth-order valence-corrected chi connectivity index (χ4v) is 2.68. The minimum Gasteiger partial charge on any atom is -0.295 e. The van der Waals surface area contributed by atoms with Gasteiger partial charge in [0.2, 0.25) is 0 Å². The van der Waals surface area contributed by atoms with Gasteiger partial charge in [-0.05, 0) is 12.8 Å². The number of nitrogens with zero attached hydrogens (tertiary/aromatic N) is 2. The third-order valence-electron chi connectivity index (χ3n) is 2.35. The molecule has 0 radical (unpaired) electrons. The van der Waals surface area contributed by atoms with Crippen LogP contribution in [0.25, 0.3) is 0 Å². The van der Waals surface area contributed by atoms with Crippen molar-refractivity contribution in [3.05, 3.63) is 0 Å². The molecule has 0 aromatic heterocycles. The largest absolute Gasteiger partial charge is 0.295 e. The van der Waals surface area contributed by atoms with Crippen LogP contribution in [-0.2, 0) is 0 Å². The lowest BCUT2D eigenvalue weighted by Crippen LogP contribution is -2.38. The van der Waals surface area contributed by atoms with Crippen molar-refractivity contribution in [3.63, 3.8) is 0 Å². The summed E-state index contributed by atoms with van der Waals surface area (Å²) in [4.78, 5) is 4.31. The van der Waals surface area contributed by atoms with E-state index in [-0.39, 0.29) is 0 Å². The van der Waals surface area contributed by atoms with Crippen LogP contribution >= 0.6 is 22.9 Å². The second kappa shape index (κ2) is 2.77. The van der Waals surface area contributed by atoms with Crippen LogP contribution in [0.15, 0.2) is 4.99 Å². The van der Waals surface area contributed by atoms with Crippen molar-refractivity contribution in [2.45, 2.75) is 18.9 Å². The maximum Gasteiger partial charge on any atom is 0.0555 e. The Kier molecular flexibility index (Phi) is 1.95. The van der Waals surface area contributed by atoms with Gasteiger partial charge in [-0.15, -0.1) is 0 Å². The lowest BCUT2D eigenvalue weighted by molar-refractivity contribution is 0.278. The van der Waals surface area contributed by atoms with Gasteiger partial charge in [0.25, 0.3) is 0 Å². The van der Waals surface area contributed by atoms with Gasteiger partial charge in [-0.3, -0.25) is 4.99 Å². The Labute approximate surface area is 75.2 Å². The molecule has 2 aliphatic rings. The van der Waals surface area contributed by atoms with Gasteiger partial charge in [-0.1, -0.05) is 0 Å². The Balaban J connectivity index is 2.07. The van der Waals surface area contributed by atoms with Gasteiger partial charge >= 0.3 is 0 Å². The molecule has 2 atom stereocenters. The predicted molar refractivity (Wildman–Crippen MR) is 50.6 cm³/mol. The molecular formula is C7H11IN2. The standard InChI is InChI=1S/C7H11IN2/c8-10-3-1-2-6-4-9-5-7(6)10/h4,6-7H,1-3,5H2. The quantitative estimate of drug-likeness (QED) is 0.470. The summed E-state index contributed by atoms with van der Waals surface area (Å²) in [6.45, 7) is 2.29. The first-order valence-electron chi connectivity index (χ1n) is 3.80. The highest BCUT2D eigenvalue weighted by Gasteiger charge is 2.31. The molecule has 1 fully saturated rings. The van der Waals surface area contributed by atoms with Crippen molar-refractivity contribution < 1.29 is 0 Å². The van der Waals surface area contributed by atoms with Crippen molar-refractivity contribution in [1.82, 2.24) is 3.11 Å². The smallest absolute Gasteiger partial charge is 0.0555 e. The van der Waals surface area contributed by atoms with Crippen molar-refractivity contribution in [1.29, 1.82) is 0 Å². The molecular weight excluding hydrogens is 239 g/mol. The second-order valence-corrected chi connectivity index (χ2v) is 4.25. The van der Waals surface area contributed by atoms with Crippen LogP contribution in [0.5, 0.6) is 0 Å². The fourth-order valence-electron chi connectivity index (χ4n) is 1.75. The molecule has 0 N–H and O–H groups in total. The fraction of sp³-hybridized carbons (Fsp3) is 0.857. The first-order chi connectivity index (χ1) is 4.88. The van der Waals surface area contributed by atoms with E-state index in [0.29, 0.717) is 0 Å². The lowest BCUT2D eigenvalue weighted by atomic mass is 9.94. The topological polar surface area (TPSA) is 15.6 Å². The Bertz CT molecular complexity index is 158.